The van der Waals surface area contributed by atoms with E-state index in [0.29, 0.717) is 23.7 Å². The summed E-state index contributed by atoms with van der Waals surface area (Å²) in [6.45, 7) is 4.61. The molecular formula is C13H20N2O2. The second kappa shape index (κ2) is 6.25. The monoisotopic (exact) mass is 236 g/mol. The van der Waals surface area contributed by atoms with E-state index < -0.39 is 0 Å². The van der Waals surface area contributed by atoms with Gasteiger partial charge in [0.1, 0.15) is 0 Å². The van der Waals surface area contributed by atoms with Gasteiger partial charge in [0.15, 0.2) is 0 Å². The maximum Gasteiger partial charge on any atom is 0.251 e. The van der Waals surface area contributed by atoms with E-state index in [1.54, 1.807) is 31.4 Å². The molecule has 1 rings (SSSR count). The Kier molecular flexibility index (Phi) is 4.97. The summed E-state index contributed by atoms with van der Waals surface area (Å²) in [7, 11) is 1.65. The van der Waals surface area contributed by atoms with E-state index in [1.165, 1.54) is 0 Å². The second-order valence-corrected chi connectivity index (χ2v) is 4.35. The normalized spacial score (nSPS) is 12.5. The molecule has 0 aliphatic rings. The average molecular weight is 236 g/mol. The summed E-state index contributed by atoms with van der Waals surface area (Å²) in [6.07, 6.45) is 0.0278. The first kappa shape index (κ1) is 13.5. The average Bonchev–Trinajstić information content (AvgIpc) is 2.29. The molecule has 0 aliphatic heterocycles. The van der Waals surface area contributed by atoms with Crippen LogP contribution in [-0.4, -0.2) is 25.7 Å². The highest BCUT2D eigenvalue weighted by molar-refractivity contribution is 5.94. The molecule has 1 aromatic carbocycles. The fourth-order valence-electron chi connectivity index (χ4n) is 1.57. The van der Waals surface area contributed by atoms with Crippen LogP contribution in [0.3, 0.4) is 0 Å². The molecule has 3 N–H and O–H groups in total. The molecule has 1 aromatic rings. The maximum absolute atomic E-state index is 11.8. The van der Waals surface area contributed by atoms with Gasteiger partial charge in [-0.15, -0.1) is 0 Å². The van der Waals surface area contributed by atoms with Crippen molar-refractivity contribution in [3.63, 3.8) is 0 Å². The summed E-state index contributed by atoms with van der Waals surface area (Å²) in [5.41, 5.74) is 6.78. The van der Waals surface area contributed by atoms with Crippen LogP contribution in [0, 0.1) is 5.92 Å². The summed E-state index contributed by atoms with van der Waals surface area (Å²) < 4.78 is 5.28. The van der Waals surface area contributed by atoms with Crippen molar-refractivity contribution >= 4 is 11.6 Å². The van der Waals surface area contributed by atoms with Crippen molar-refractivity contribution in [2.24, 2.45) is 5.92 Å². The van der Waals surface area contributed by atoms with Crippen LogP contribution in [0.15, 0.2) is 24.3 Å². The molecule has 4 heteroatoms. The topological polar surface area (TPSA) is 64.3 Å². The van der Waals surface area contributed by atoms with Gasteiger partial charge in [-0.25, -0.2) is 0 Å². The molecular weight excluding hydrogens is 216 g/mol. The minimum Gasteiger partial charge on any atom is -0.399 e. The van der Waals surface area contributed by atoms with E-state index >= 15 is 0 Å². The Morgan fingerprint density at radius 2 is 2.18 bits per heavy atom. The number of hydrogen-bond acceptors (Lipinski definition) is 3. The van der Waals surface area contributed by atoms with Crippen molar-refractivity contribution in [2.45, 2.75) is 20.0 Å². The van der Waals surface area contributed by atoms with E-state index in [1.807, 2.05) is 0 Å². The zero-order valence-electron chi connectivity index (χ0n) is 10.6. The molecule has 0 saturated heterocycles. The number of rotatable bonds is 5. The molecule has 0 spiro atoms. The Labute approximate surface area is 102 Å². The van der Waals surface area contributed by atoms with Gasteiger partial charge in [0, 0.05) is 24.9 Å². The van der Waals surface area contributed by atoms with Gasteiger partial charge in [-0.2, -0.15) is 0 Å². The van der Waals surface area contributed by atoms with E-state index in [4.69, 9.17) is 10.5 Å². The lowest BCUT2D eigenvalue weighted by atomic mass is 10.1. The Bertz CT molecular complexity index is 377. The first-order valence-corrected chi connectivity index (χ1v) is 5.71. The number of nitrogen functional groups attached to an aromatic ring is 1. The first-order valence-electron chi connectivity index (χ1n) is 5.71. The van der Waals surface area contributed by atoms with E-state index in [0.717, 1.165) is 0 Å². The number of ether oxygens (including phenoxy) is 1. The lowest BCUT2D eigenvalue weighted by Crippen LogP contribution is -2.36. The number of hydrogen-bond donors (Lipinski definition) is 2. The largest absolute Gasteiger partial charge is 0.399 e. The minimum absolute atomic E-state index is 0.0278. The molecule has 0 radical (unpaired) electrons. The van der Waals surface area contributed by atoms with Gasteiger partial charge in [-0.1, -0.05) is 19.9 Å². The van der Waals surface area contributed by atoms with Crippen molar-refractivity contribution in [3.8, 4) is 0 Å². The number of nitrogens with one attached hydrogen (secondary N) is 1. The molecule has 4 nitrogen and oxygen atoms in total. The van der Waals surface area contributed by atoms with Crippen LogP contribution in [-0.2, 0) is 4.74 Å². The van der Waals surface area contributed by atoms with Crippen molar-refractivity contribution in [1.29, 1.82) is 0 Å². The van der Waals surface area contributed by atoms with Crippen molar-refractivity contribution < 1.29 is 9.53 Å². The molecule has 1 unspecified atom stereocenters. The summed E-state index contributed by atoms with van der Waals surface area (Å²) in [5, 5.41) is 2.84. The van der Waals surface area contributed by atoms with Crippen molar-refractivity contribution in [1.82, 2.24) is 5.32 Å². The van der Waals surface area contributed by atoms with Gasteiger partial charge in [0.25, 0.3) is 5.91 Å². The smallest absolute Gasteiger partial charge is 0.251 e. The molecule has 1 amide bonds. The van der Waals surface area contributed by atoms with E-state index in [2.05, 4.69) is 19.2 Å². The number of anilines is 1. The predicted octanol–water partition coefficient (Wildman–Crippen LogP) is 1.67. The third-order valence-corrected chi connectivity index (χ3v) is 2.66. The lowest BCUT2D eigenvalue weighted by molar-refractivity contribution is 0.0605. The standard InChI is InChI=1S/C13H20N2O2/c1-9(2)12(17-3)8-15-13(16)10-5-4-6-11(14)7-10/h4-7,9,12H,8,14H2,1-3H3,(H,15,16). The molecule has 0 bridgehead atoms. The molecule has 0 saturated carbocycles. The molecule has 17 heavy (non-hydrogen) atoms. The van der Waals surface area contributed by atoms with Gasteiger partial charge in [0.05, 0.1) is 6.10 Å². The highest BCUT2D eigenvalue weighted by atomic mass is 16.5. The zero-order chi connectivity index (χ0) is 12.8. The van der Waals surface area contributed by atoms with Crippen molar-refractivity contribution in [2.75, 3.05) is 19.4 Å². The molecule has 1 atom stereocenters. The van der Waals surface area contributed by atoms with Crippen LogP contribution < -0.4 is 11.1 Å². The number of carbonyl (C=O) groups is 1. The fraction of sp³-hybridized carbons (Fsp3) is 0.462. The molecule has 0 fully saturated rings. The molecule has 0 aliphatic carbocycles. The summed E-state index contributed by atoms with van der Waals surface area (Å²) >= 11 is 0. The quantitative estimate of drug-likeness (QED) is 0.764. The van der Waals surface area contributed by atoms with Gasteiger partial charge < -0.3 is 15.8 Å². The van der Waals surface area contributed by atoms with Crippen LogP contribution in [0.25, 0.3) is 0 Å². The zero-order valence-corrected chi connectivity index (χ0v) is 10.6. The number of nitrogens with two attached hydrogens (primary N) is 1. The number of carbonyl (C=O) groups excluding carboxylic acids is 1. The number of amides is 1. The Morgan fingerprint density at radius 3 is 2.71 bits per heavy atom. The Morgan fingerprint density at radius 1 is 1.47 bits per heavy atom. The van der Waals surface area contributed by atoms with Crippen LogP contribution in [0.4, 0.5) is 5.69 Å². The lowest BCUT2D eigenvalue weighted by Gasteiger charge is -2.19. The van der Waals surface area contributed by atoms with Crippen LogP contribution in [0.5, 0.6) is 0 Å². The Balaban J connectivity index is 2.55. The minimum atomic E-state index is -0.125. The van der Waals surface area contributed by atoms with Gasteiger partial charge in [0.2, 0.25) is 0 Å². The number of benzene rings is 1. The van der Waals surface area contributed by atoms with Crippen LogP contribution >= 0.6 is 0 Å². The molecule has 94 valence electrons. The first-order chi connectivity index (χ1) is 8.04. The van der Waals surface area contributed by atoms with Gasteiger partial charge in [-0.3, -0.25) is 4.79 Å². The highest BCUT2D eigenvalue weighted by Gasteiger charge is 2.14. The van der Waals surface area contributed by atoms with Crippen LogP contribution in [0.2, 0.25) is 0 Å². The second-order valence-electron chi connectivity index (χ2n) is 4.35. The predicted molar refractivity (Wildman–Crippen MR) is 68.8 cm³/mol. The number of methoxy groups -OCH3 is 1. The van der Waals surface area contributed by atoms with Crippen LogP contribution in [0.1, 0.15) is 24.2 Å². The third-order valence-electron chi connectivity index (χ3n) is 2.66. The molecule has 0 heterocycles. The fourth-order valence-corrected chi connectivity index (χ4v) is 1.57. The van der Waals surface area contributed by atoms with E-state index in [9.17, 15) is 4.79 Å². The highest BCUT2D eigenvalue weighted by Crippen LogP contribution is 2.07. The maximum atomic E-state index is 11.8. The van der Waals surface area contributed by atoms with E-state index in [-0.39, 0.29) is 12.0 Å². The Hall–Kier alpha value is -1.55. The van der Waals surface area contributed by atoms with Gasteiger partial charge in [-0.05, 0) is 24.1 Å². The summed E-state index contributed by atoms with van der Waals surface area (Å²) in [6, 6.07) is 6.92. The van der Waals surface area contributed by atoms with Crippen molar-refractivity contribution in [3.05, 3.63) is 29.8 Å². The van der Waals surface area contributed by atoms with Gasteiger partial charge >= 0.3 is 0 Å². The molecule has 0 aromatic heterocycles. The summed E-state index contributed by atoms with van der Waals surface area (Å²) in [4.78, 5) is 11.8. The SMILES string of the molecule is COC(CNC(=O)c1cccc(N)c1)C(C)C. The third kappa shape index (κ3) is 4.07. The summed E-state index contributed by atoms with van der Waals surface area (Å²) in [5.74, 6) is 0.237.